The van der Waals surface area contributed by atoms with Crippen LogP contribution in [0, 0.1) is 15.9 Å². The lowest BCUT2D eigenvalue weighted by Gasteiger charge is -2.03. The van der Waals surface area contributed by atoms with Crippen molar-refractivity contribution in [2.24, 2.45) is 0 Å². The zero-order valence-electron chi connectivity index (χ0n) is 8.60. The molecule has 1 N–H and O–H groups in total. The number of nitrogens with one attached hydrogen (secondary N) is 1. The van der Waals surface area contributed by atoms with Gasteiger partial charge in [0.15, 0.2) is 0 Å². The van der Waals surface area contributed by atoms with Gasteiger partial charge < -0.3 is 10.1 Å². The summed E-state index contributed by atoms with van der Waals surface area (Å²) in [4.78, 5) is 31.4. The first-order chi connectivity index (χ1) is 7.93. The fraction of sp³-hybridized carbons (Fsp3) is 0.111. The molecule has 0 fully saturated rings. The molecule has 90 valence electrons. The van der Waals surface area contributed by atoms with Crippen molar-refractivity contribution in [3.05, 3.63) is 34.1 Å². The van der Waals surface area contributed by atoms with Crippen LogP contribution in [0.3, 0.4) is 0 Å². The van der Waals surface area contributed by atoms with E-state index in [2.05, 4.69) is 4.74 Å². The van der Waals surface area contributed by atoms with Crippen molar-refractivity contribution in [3.63, 3.8) is 0 Å². The largest absolute Gasteiger partial charge is 0.462 e. The molecule has 0 radical (unpaired) electrons. The Morgan fingerprint density at radius 1 is 1.41 bits per heavy atom. The average molecular weight is 242 g/mol. The molecular weight excluding hydrogens is 235 g/mol. The summed E-state index contributed by atoms with van der Waals surface area (Å²) in [5.41, 5.74) is -0.739. The lowest BCUT2D eigenvalue weighted by Crippen LogP contribution is -2.23. The standard InChI is InChI=1S/C9H7FN2O5/c1-17-9(14)8(13)11-6-2-5(10)3-7(4-6)12(15)16/h2-4H,1H3,(H,11,13). The van der Waals surface area contributed by atoms with Gasteiger partial charge in [0.25, 0.3) is 5.69 Å². The molecule has 0 spiro atoms. The van der Waals surface area contributed by atoms with Gasteiger partial charge in [-0.1, -0.05) is 0 Å². The second kappa shape index (κ2) is 5.01. The highest BCUT2D eigenvalue weighted by Crippen LogP contribution is 2.19. The first-order valence-corrected chi connectivity index (χ1v) is 4.28. The Morgan fingerprint density at radius 3 is 2.59 bits per heavy atom. The van der Waals surface area contributed by atoms with Crippen LogP contribution in [-0.4, -0.2) is 23.9 Å². The molecule has 7 nitrogen and oxygen atoms in total. The number of nitrogens with zero attached hydrogens (tertiary/aromatic N) is 1. The molecule has 1 aromatic rings. The predicted molar refractivity (Wildman–Crippen MR) is 53.7 cm³/mol. The molecule has 0 aliphatic rings. The monoisotopic (exact) mass is 242 g/mol. The van der Waals surface area contributed by atoms with Gasteiger partial charge in [-0.2, -0.15) is 0 Å². The van der Waals surface area contributed by atoms with Crippen LogP contribution in [0.2, 0.25) is 0 Å². The number of carbonyl (C=O) groups is 2. The number of amides is 1. The van der Waals surface area contributed by atoms with Crippen LogP contribution >= 0.6 is 0 Å². The summed E-state index contributed by atoms with van der Waals surface area (Å²) >= 11 is 0. The fourth-order valence-electron chi connectivity index (χ4n) is 1.03. The molecule has 0 unspecified atom stereocenters. The quantitative estimate of drug-likeness (QED) is 0.358. The number of ether oxygens (including phenoxy) is 1. The summed E-state index contributed by atoms with van der Waals surface area (Å²) < 4.78 is 17.1. The molecule has 0 heterocycles. The van der Waals surface area contributed by atoms with E-state index in [0.29, 0.717) is 6.07 Å². The number of carbonyl (C=O) groups excluding carboxylic acids is 2. The van der Waals surface area contributed by atoms with E-state index in [-0.39, 0.29) is 5.69 Å². The van der Waals surface area contributed by atoms with Crippen molar-refractivity contribution in [3.8, 4) is 0 Å². The van der Waals surface area contributed by atoms with Crippen molar-refractivity contribution in [1.82, 2.24) is 0 Å². The minimum Gasteiger partial charge on any atom is -0.462 e. The van der Waals surface area contributed by atoms with Gasteiger partial charge >= 0.3 is 11.9 Å². The lowest BCUT2D eigenvalue weighted by molar-refractivity contribution is -0.385. The van der Waals surface area contributed by atoms with E-state index in [0.717, 1.165) is 19.2 Å². The molecular formula is C9H7FN2O5. The molecule has 0 aliphatic heterocycles. The number of hydrogen-bond acceptors (Lipinski definition) is 5. The number of nitro benzene ring substituents is 1. The second-order valence-corrected chi connectivity index (χ2v) is 2.90. The predicted octanol–water partition coefficient (Wildman–Crippen LogP) is 0.845. The number of nitro groups is 1. The third kappa shape index (κ3) is 3.23. The van der Waals surface area contributed by atoms with E-state index in [4.69, 9.17) is 0 Å². The molecule has 0 atom stereocenters. The Kier molecular flexibility index (Phi) is 3.70. The van der Waals surface area contributed by atoms with Crippen molar-refractivity contribution in [1.29, 1.82) is 0 Å². The maximum atomic E-state index is 12.9. The number of benzene rings is 1. The maximum absolute atomic E-state index is 12.9. The third-order valence-electron chi connectivity index (χ3n) is 1.72. The van der Waals surface area contributed by atoms with E-state index in [1.807, 2.05) is 5.32 Å². The van der Waals surface area contributed by atoms with Gasteiger partial charge in [0.2, 0.25) is 0 Å². The van der Waals surface area contributed by atoms with E-state index in [1.165, 1.54) is 0 Å². The average Bonchev–Trinajstić information content (AvgIpc) is 2.26. The van der Waals surface area contributed by atoms with Gasteiger partial charge in [0, 0.05) is 6.07 Å². The van der Waals surface area contributed by atoms with Crippen LogP contribution < -0.4 is 5.32 Å². The van der Waals surface area contributed by atoms with Crippen molar-refractivity contribution < 1.29 is 23.6 Å². The number of halogens is 1. The van der Waals surface area contributed by atoms with Gasteiger partial charge in [-0.05, 0) is 6.07 Å². The van der Waals surface area contributed by atoms with Gasteiger partial charge in [-0.3, -0.25) is 14.9 Å². The number of methoxy groups -OCH3 is 1. The van der Waals surface area contributed by atoms with Crippen molar-refractivity contribution in [2.45, 2.75) is 0 Å². The molecule has 0 aromatic heterocycles. The summed E-state index contributed by atoms with van der Waals surface area (Å²) in [6.45, 7) is 0. The highest BCUT2D eigenvalue weighted by atomic mass is 19.1. The third-order valence-corrected chi connectivity index (χ3v) is 1.72. The Balaban J connectivity index is 2.95. The van der Waals surface area contributed by atoms with Gasteiger partial charge in [-0.25, -0.2) is 9.18 Å². The number of anilines is 1. The number of esters is 1. The van der Waals surface area contributed by atoms with Crippen LogP contribution in [0.1, 0.15) is 0 Å². The van der Waals surface area contributed by atoms with Gasteiger partial charge in [0.1, 0.15) is 5.82 Å². The lowest BCUT2D eigenvalue weighted by atomic mass is 10.2. The summed E-state index contributed by atoms with van der Waals surface area (Å²) in [7, 11) is 0.996. The Labute approximate surface area is 94.3 Å². The number of rotatable bonds is 2. The van der Waals surface area contributed by atoms with E-state index in [9.17, 15) is 24.1 Å². The molecule has 0 saturated heterocycles. The summed E-state index contributed by atoms with van der Waals surface area (Å²) in [5, 5.41) is 12.4. The van der Waals surface area contributed by atoms with E-state index >= 15 is 0 Å². The molecule has 1 rings (SSSR count). The summed E-state index contributed by atoms with van der Waals surface area (Å²) in [6, 6.07) is 2.45. The van der Waals surface area contributed by atoms with Crippen LogP contribution in [0.25, 0.3) is 0 Å². The van der Waals surface area contributed by atoms with Crippen LogP contribution in [-0.2, 0) is 14.3 Å². The van der Waals surface area contributed by atoms with Crippen LogP contribution in [0.4, 0.5) is 15.8 Å². The molecule has 8 heteroatoms. The molecule has 0 aliphatic carbocycles. The smallest absolute Gasteiger partial charge is 0.396 e. The highest BCUT2D eigenvalue weighted by Gasteiger charge is 2.16. The summed E-state index contributed by atoms with van der Waals surface area (Å²) in [6.07, 6.45) is 0. The van der Waals surface area contributed by atoms with Gasteiger partial charge in [-0.15, -0.1) is 0 Å². The zero-order chi connectivity index (χ0) is 13.0. The number of non-ortho nitro benzene ring substituents is 1. The first-order valence-electron chi connectivity index (χ1n) is 4.28. The molecule has 0 saturated carbocycles. The second-order valence-electron chi connectivity index (χ2n) is 2.90. The van der Waals surface area contributed by atoms with E-state index in [1.54, 1.807) is 0 Å². The topological polar surface area (TPSA) is 98.5 Å². The Morgan fingerprint density at radius 2 is 2.06 bits per heavy atom. The fourth-order valence-corrected chi connectivity index (χ4v) is 1.03. The minimum absolute atomic E-state index is 0.202. The number of hydrogen-bond donors (Lipinski definition) is 1. The normalized spacial score (nSPS) is 9.53. The van der Waals surface area contributed by atoms with Crippen LogP contribution in [0.15, 0.2) is 18.2 Å². The van der Waals surface area contributed by atoms with Gasteiger partial charge in [0.05, 0.1) is 23.8 Å². The van der Waals surface area contributed by atoms with Crippen molar-refractivity contribution >= 4 is 23.3 Å². The Hall–Kier alpha value is -2.51. The van der Waals surface area contributed by atoms with Crippen molar-refractivity contribution in [2.75, 3.05) is 12.4 Å². The first kappa shape index (κ1) is 12.6. The van der Waals surface area contributed by atoms with E-state index < -0.39 is 28.3 Å². The zero-order valence-corrected chi connectivity index (χ0v) is 8.60. The highest BCUT2D eigenvalue weighted by molar-refractivity contribution is 6.37. The van der Waals surface area contributed by atoms with Crippen LogP contribution in [0.5, 0.6) is 0 Å². The molecule has 1 aromatic carbocycles. The maximum Gasteiger partial charge on any atom is 0.396 e. The minimum atomic E-state index is -1.18. The molecule has 1 amide bonds. The SMILES string of the molecule is COC(=O)C(=O)Nc1cc(F)cc([N+](=O)[O-])c1. The summed E-state index contributed by atoms with van der Waals surface area (Å²) in [5.74, 6) is -3.23. The molecule has 0 bridgehead atoms. The Bertz CT molecular complexity index is 488. The molecule has 17 heavy (non-hydrogen) atoms.